The average Bonchev–Trinajstić information content (AvgIpc) is 2.69. The van der Waals surface area contributed by atoms with Gasteiger partial charge in [-0.3, -0.25) is 4.21 Å². The van der Waals surface area contributed by atoms with E-state index in [9.17, 15) is 9.00 Å². The van der Waals surface area contributed by atoms with Crippen molar-refractivity contribution in [1.82, 2.24) is 9.80 Å². The van der Waals surface area contributed by atoms with Gasteiger partial charge in [0.25, 0.3) is 0 Å². The number of hydrogen-bond donors (Lipinski definition) is 0. The van der Waals surface area contributed by atoms with E-state index < -0.39 is 10.8 Å². The van der Waals surface area contributed by atoms with Gasteiger partial charge in [0.05, 0.1) is 0 Å². The maximum absolute atomic E-state index is 12.4. The van der Waals surface area contributed by atoms with E-state index >= 15 is 0 Å². The van der Waals surface area contributed by atoms with E-state index in [0.717, 1.165) is 32.5 Å². The summed E-state index contributed by atoms with van der Waals surface area (Å²) < 4.78 is 11.9. The lowest BCUT2D eigenvalue weighted by Gasteiger charge is -2.27. The van der Waals surface area contributed by atoms with Crippen molar-refractivity contribution in [2.75, 3.05) is 31.9 Å². The van der Waals surface area contributed by atoms with Gasteiger partial charge in [-0.1, -0.05) is 6.92 Å². The molecule has 0 N–H and O–H groups in total. The maximum Gasteiger partial charge on any atom is 0.320 e. The van der Waals surface area contributed by atoms with E-state index in [1.54, 1.807) is 0 Å². The molecule has 2 atom stereocenters. The van der Waals surface area contributed by atoms with Crippen LogP contribution in [0.1, 0.15) is 33.6 Å². The highest BCUT2D eigenvalue weighted by atomic mass is 32.2. The Bertz CT molecular complexity index is 357. The number of rotatable bonds is 0. The first-order chi connectivity index (χ1) is 8.40. The van der Waals surface area contributed by atoms with E-state index in [-0.39, 0.29) is 10.8 Å². The van der Waals surface area contributed by atoms with Crippen LogP contribution in [-0.2, 0) is 10.8 Å². The maximum atomic E-state index is 12.4. The summed E-state index contributed by atoms with van der Waals surface area (Å²) in [6.07, 6.45) is 1.94. The molecule has 2 fully saturated rings. The molecule has 0 aromatic heterocycles. The van der Waals surface area contributed by atoms with Crippen LogP contribution in [0.25, 0.3) is 0 Å². The highest BCUT2D eigenvalue weighted by molar-refractivity contribution is 7.86. The number of likely N-dealkylation sites (tertiary alicyclic amines) is 1. The topological polar surface area (TPSA) is 40.6 Å². The van der Waals surface area contributed by atoms with Crippen LogP contribution < -0.4 is 0 Å². The molecule has 0 aliphatic carbocycles. The molecule has 0 spiro atoms. The number of hydrogen-bond acceptors (Lipinski definition) is 2. The standard InChI is InChI=1S/C13H24N2O2S/c1-11-4-6-15(10-11)12(16)14-7-5-13(2,3)18(17)9-8-14/h11H,4-10H2,1-3H3. The molecule has 2 aliphatic heterocycles. The van der Waals surface area contributed by atoms with Gasteiger partial charge < -0.3 is 9.80 Å². The molecule has 0 aromatic carbocycles. The Morgan fingerprint density at radius 1 is 1.22 bits per heavy atom. The van der Waals surface area contributed by atoms with Crippen LogP contribution in [0.5, 0.6) is 0 Å². The SMILES string of the molecule is CC1CCN(C(=O)N2CCS(=O)C(C)(C)CC2)C1. The number of carbonyl (C=O) groups is 1. The Balaban J connectivity index is 1.98. The van der Waals surface area contributed by atoms with E-state index in [1.165, 1.54) is 0 Å². The summed E-state index contributed by atoms with van der Waals surface area (Å²) in [5, 5.41) is 0. The van der Waals surface area contributed by atoms with Crippen LogP contribution in [0.15, 0.2) is 0 Å². The van der Waals surface area contributed by atoms with Crippen molar-refractivity contribution < 1.29 is 9.00 Å². The summed E-state index contributed by atoms with van der Waals surface area (Å²) in [4.78, 5) is 16.2. The molecule has 0 saturated carbocycles. The zero-order chi connectivity index (χ0) is 13.3. The fraction of sp³-hybridized carbons (Fsp3) is 0.923. The van der Waals surface area contributed by atoms with Crippen molar-refractivity contribution in [3.63, 3.8) is 0 Å². The van der Waals surface area contributed by atoms with Crippen molar-refractivity contribution in [1.29, 1.82) is 0 Å². The van der Waals surface area contributed by atoms with Crippen molar-refractivity contribution in [3.05, 3.63) is 0 Å². The highest BCUT2D eigenvalue weighted by Gasteiger charge is 2.34. The molecule has 2 rings (SSSR count). The quantitative estimate of drug-likeness (QED) is 0.673. The minimum atomic E-state index is -0.826. The van der Waals surface area contributed by atoms with Crippen molar-refractivity contribution in [2.24, 2.45) is 5.92 Å². The average molecular weight is 272 g/mol. The van der Waals surface area contributed by atoms with Gasteiger partial charge in [-0.15, -0.1) is 0 Å². The Hall–Kier alpha value is -0.580. The summed E-state index contributed by atoms with van der Waals surface area (Å²) in [7, 11) is -0.826. The Morgan fingerprint density at radius 3 is 2.56 bits per heavy atom. The highest BCUT2D eigenvalue weighted by Crippen LogP contribution is 2.23. The molecule has 104 valence electrons. The summed E-state index contributed by atoms with van der Waals surface area (Å²) in [6, 6.07) is 0.147. The van der Waals surface area contributed by atoms with Crippen LogP contribution in [0, 0.1) is 5.92 Å². The van der Waals surface area contributed by atoms with Gasteiger partial charge in [-0.05, 0) is 32.6 Å². The Kier molecular flexibility index (Phi) is 3.99. The number of nitrogens with zero attached hydrogens (tertiary/aromatic N) is 2. The predicted octanol–water partition coefficient (Wildman–Crippen LogP) is 1.68. The molecule has 2 heterocycles. The smallest absolute Gasteiger partial charge is 0.320 e. The minimum absolute atomic E-state index is 0.147. The molecule has 0 aromatic rings. The van der Waals surface area contributed by atoms with E-state index in [0.29, 0.717) is 18.2 Å². The van der Waals surface area contributed by atoms with Crippen molar-refractivity contribution >= 4 is 16.8 Å². The van der Waals surface area contributed by atoms with Gasteiger partial charge in [0, 0.05) is 47.5 Å². The van der Waals surface area contributed by atoms with Gasteiger partial charge in [-0.25, -0.2) is 4.79 Å². The molecule has 2 amide bonds. The second-order valence-electron chi connectivity index (χ2n) is 6.17. The minimum Gasteiger partial charge on any atom is -0.324 e. The van der Waals surface area contributed by atoms with Gasteiger partial charge in [0.1, 0.15) is 0 Å². The van der Waals surface area contributed by atoms with Gasteiger partial charge in [0.15, 0.2) is 0 Å². The Labute approximate surface area is 112 Å². The molecule has 18 heavy (non-hydrogen) atoms. The van der Waals surface area contributed by atoms with Crippen LogP contribution >= 0.6 is 0 Å². The van der Waals surface area contributed by atoms with E-state index in [1.807, 2.05) is 23.6 Å². The van der Waals surface area contributed by atoms with Crippen LogP contribution in [-0.4, -0.2) is 56.7 Å². The first-order valence-corrected chi connectivity index (χ1v) is 8.14. The monoisotopic (exact) mass is 272 g/mol. The first kappa shape index (κ1) is 13.8. The summed E-state index contributed by atoms with van der Waals surface area (Å²) in [5.41, 5.74) is 0. The lowest BCUT2D eigenvalue weighted by Crippen LogP contribution is -2.43. The first-order valence-electron chi connectivity index (χ1n) is 6.82. The van der Waals surface area contributed by atoms with Gasteiger partial charge >= 0.3 is 6.03 Å². The van der Waals surface area contributed by atoms with Gasteiger partial charge in [0.2, 0.25) is 0 Å². The van der Waals surface area contributed by atoms with Crippen LogP contribution in [0.4, 0.5) is 4.79 Å². The molecular formula is C13H24N2O2S. The van der Waals surface area contributed by atoms with Crippen LogP contribution in [0.3, 0.4) is 0 Å². The second kappa shape index (κ2) is 5.19. The third kappa shape index (κ3) is 2.87. The normalized spacial score (nSPS) is 32.4. The zero-order valence-electron chi connectivity index (χ0n) is 11.6. The summed E-state index contributed by atoms with van der Waals surface area (Å²) >= 11 is 0. The summed E-state index contributed by atoms with van der Waals surface area (Å²) in [6.45, 7) is 9.39. The molecule has 2 saturated heterocycles. The number of carbonyl (C=O) groups excluding carboxylic acids is 1. The zero-order valence-corrected chi connectivity index (χ0v) is 12.5. The Morgan fingerprint density at radius 2 is 1.94 bits per heavy atom. The van der Waals surface area contributed by atoms with Crippen molar-refractivity contribution in [2.45, 2.75) is 38.4 Å². The van der Waals surface area contributed by atoms with Gasteiger partial charge in [-0.2, -0.15) is 0 Å². The predicted molar refractivity (Wildman–Crippen MR) is 74.0 cm³/mol. The summed E-state index contributed by atoms with van der Waals surface area (Å²) in [5.74, 6) is 1.23. The number of urea groups is 1. The van der Waals surface area contributed by atoms with E-state index in [2.05, 4.69) is 6.92 Å². The number of amides is 2. The molecular weight excluding hydrogens is 248 g/mol. The van der Waals surface area contributed by atoms with E-state index in [4.69, 9.17) is 0 Å². The largest absolute Gasteiger partial charge is 0.324 e. The molecule has 4 nitrogen and oxygen atoms in total. The van der Waals surface area contributed by atoms with Crippen LogP contribution in [0.2, 0.25) is 0 Å². The molecule has 0 radical (unpaired) electrons. The lowest BCUT2D eigenvalue weighted by molar-refractivity contribution is 0.163. The second-order valence-corrected chi connectivity index (χ2v) is 8.37. The third-order valence-electron chi connectivity index (χ3n) is 4.11. The van der Waals surface area contributed by atoms with Crippen molar-refractivity contribution in [3.8, 4) is 0 Å². The lowest BCUT2D eigenvalue weighted by atomic mass is 10.1. The molecule has 0 bridgehead atoms. The fourth-order valence-corrected chi connectivity index (χ4v) is 3.86. The fourth-order valence-electron chi connectivity index (χ4n) is 2.60. The molecule has 2 aliphatic rings. The molecule has 2 unspecified atom stereocenters. The molecule has 5 heteroatoms. The third-order valence-corrected chi connectivity index (χ3v) is 6.10.